The van der Waals surface area contributed by atoms with Gasteiger partial charge in [0.05, 0.1) is 19.1 Å². The summed E-state index contributed by atoms with van der Waals surface area (Å²) in [6.07, 6.45) is 0.737. The van der Waals surface area contributed by atoms with E-state index in [2.05, 4.69) is 14.2 Å². The van der Waals surface area contributed by atoms with Crippen molar-refractivity contribution in [1.29, 1.82) is 0 Å². The van der Waals surface area contributed by atoms with Gasteiger partial charge in [0.2, 0.25) is 10.0 Å². The molecule has 1 aromatic carbocycles. The van der Waals surface area contributed by atoms with Gasteiger partial charge in [-0.05, 0) is 38.3 Å². The Morgan fingerprint density at radius 2 is 1.64 bits per heavy atom. The molecule has 0 bridgehead atoms. The van der Waals surface area contributed by atoms with Crippen LogP contribution in [-0.4, -0.2) is 46.7 Å². The molecule has 0 spiro atoms. The van der Waals surface area contributed by atoms with Crippen molar-refractivity contribution < 1.29 is 27.5 Å². The molecule has 0 aliphatic heterocycles. The number of methoxy groups -OCH3 is 2. The van der Waals surface area contributed by atoms with Crippen molar-refractivity contribution in [3.8, 4) is 0 Å². The molecular weight excluding hydrogens is 348 g/mol. The maximum atomic E-state index is 12.4. The van der Waals surface area contributed by atoms with E-state index < -0.39 is 34.0 Å². The third-order valence-electron chi connectivity index (χ3n) is 3.63. The number of aryl methyl sites for hydroxylation is 1. The number of hydrogen-bond acceptors (Lipinski definition) is 7. The van der Waals surface area contributed by atoms with Crippen molar-refractivity contribution in [3.05, 3.63) is 29.8 Å². The Morgan fingerprint density at radius 1 is 1.08 bits per heavy atom. The highest BCUT2D eigenvalue weighted by Gasteiger charge is 2.26. The second-order valence-electron chi connectivity index (χ2n) is 5.57. The predicted octanol–water partition coefficient (Wildman–Crippen LogP) is 0.486. The fourth-order valence-electron chi connectivity index (χ4n) is 2.15. The summed E-state index contributed by atoms with van der Waals surface area (Å²) < 4.78 is 36.3. The zero-order valence-corrected chi connectivity index (χ0v) is 15.3. The number of esters is 2. The number of rotatable bonds is 9. The van der Waals surface area contributed by atoms with E-state index >= 15 is 0 Å². The van der Waals surface area contributed by atoms with Crippen molar-refractivity contribution in [2.75, 3.05) is 14.2 Å². The van der Waals surface area contributed by atoms with Crippen molar-refractivity contribution in [2.45, 2.75) is 43.2 Å². The summed E-state index contributed by atoms with van der Waals surface area (Å²) in [5.41, 5.74) is 6.54. The molecular formula is C16H24N2O6S. The molecule has 0 unspecified atom stereocenters. The highest BCUT2D eigenvalue weighted by molar-refractivity contribution is 7.89. The molecule has 9 heteroatoms. The van der Waals surface area contributed by atoms with Crippen molar-refractivity contribution >= 4 is 22.0 Å². The number of benzene rings is 1. The van der Waals surface area contributed by atoms with Gasteiger partial charge in [-0.3, -0.25) is 9.59 Å². The molecule has 0 fully saturated rings. The Kier molecular flexibility index (Phi) is 8.01. The van der Waals surface area contributed by atoms with Crippen LogP contribution in [0.25, 0.3) is 0 Å². The average molecular weight is 372 g/mol. The van der Waals surface area contributed by atoms with E-state index in [4.69, 9.17) is 5.73 Å². The van der Waals surface area contributed by atoms with Gasteiger partial charge in [-0.25, -0.2) is 8.42 Å². The Hall–Kier alpha value is -1.97. The molecule has 1 aromatic rings. The first-order valence-electron chi connectivity index (χ1n) is 7.71. The zero-order valence-electron chi connectivity index (χ0n) is 14.5. The van der Waals surface area contributed by atoms with Crippen LogP contribution in [0.5, 0.6) is 0 Å². The maximum absolute atomic E-state index is 12.4. The van der Waals surface area contributed by atoms with Gasteiger partial charge in [0.15, 0.2) is 0 Å². The van der Waals surface area contributed by atoms with Crippen LogP contribution >= 0.6 is 0 Å². The van der Waals surface area contributed by atoms with E-state index in [0.29, 0.717) is 6.42 Å². The summed E-state index contributed by atoms with van der Waals surface area (Å²) in [6.45, 7) is 1.84. The van der Waals surface area contributed by atoms with Crippen LogP contribution in [0.1, 0.15) is 24.8 Å². The van der Waals surface area contributed by atoms with Crippen molar-refractivity contribution in [1.82, 2.24) is 4.72 Å². The normalized spacial score (nSPS) is 13.8. The van der Waals surface area contributed by atoms with Gasteiger partial charge >= 0.3 is 11.9 Å². The number of carbonyl (C=O) groups excluding carboxylic acids is 2. The first-order valence-corrected chi connectivity index (χ1v) is 9.19. The molecule has 0 saturated carbocycles. The summed E-state index contributed by atoms with van der Waals surface area (Å²) in [7, 11) is -1.47. The van der Waals surface area contributed by atoms with Crippen LogP contribution in [0.4, 0.5) is 0 Å². The minimum atomic E-state index is -3.88. The van der Waals surface area contributed by atoms with Crippen LogP contribution in [0.15, 0.2) is 29.2 Å². The largest absolute Gasteiger partial charge is 0.468 e. The first-order chi connectivity index (χ1) is 11.7. The molecule has 1 rings (SSSR count). The summed E-state index contributed by atoms with van der Waals surface area (Å²) in [5, 5.41) is 0. The molecule has 25 heavy (non-hydrogen) atoms. The molecule has 3 N–H and O–H groups in total. The van der Waals surface area contributed by atoms with Crippen LogP contribution < -0.4 is 10.5 Å². The average Bonchev–Trinajstić information content (AvgIpc) is 2.59. The highest BCUT2D eigenvalue weighted by atomic mass is 32.2. The molecule has 8 nitrogen and oxygen atoms in total. The number of ether oxygens (including phenoxy) is 2. The van der Waals surface area contributed by atoms with Gasteiger partial charge in [0, 0.05) is 0 Å². The van der Waals surface area contributed by atoms with E-state index in [1.54, 1.807) is 12.1 Å². The van der Waals surface area contributed by atoms with Crippen molar-refractivity contribution in [3.63, 3.8) is 0 Å². The molecule has 0 heterocycles. The second-order valence-corrected chi connectivity index (χ2v) is 7.28. The molecule has 2 atom stereocenters. The zero-order chi connectivity index (χ0) is 19.0. The predicted molar refractivity (Wildman–Crippen MR) is 91.1 cm³/mol. The number of hydrogen-bond donors (Lipinski definition) is 2. The van der Waals surface area contributed by atoms with Crippen LogP contribution in [0, 0.1) is 6.92 Å². The monoisotopic (exact) mass is 372 g/mol. The van der Waals surface area contributed by atoms with Crippen LogP contribution in [0.2, 0.25) is 0 Å². The molecule has 140 valence electrons. The Bertz CT molecular complexity index is 687. The summed E-state index contributed by atoms with van der Waals surface area (Å²) in [6, 6.07) is 4.35. The van der Waals surface area contributed by atoms with Gasteiger partial charge in [-0.2, -0.15) is 4.72 Å². The maximum Gasteiger partial charge on any atom is 0.323 e. The number of nitrogens with one attached hydrogen (secondary N) is 1. The van der Waals surface area contributed by atoms with E-state index in [1.807, 2.05) is 6.92 Å². The van der Waals surface area contributed by atoms with E-state index in [1.165, 1.54) is 26.4 Å². The SMILES string of the molecule is COC(=O)[C@H](CCC[C@H](N)C(=O)OC)NS(=O)(=O)c1ccc(C)cc1. The smallest absolute Gasteiger partial charge is 0.323 e. The molecule has 0 aliphatic carbocycles. The van der Waals surface area contributed by atoms with E-state index in [-0.39, 0.29) is 17.7 Å². The number of sulfonamides is 1. The van der Waals surface area contributed by atoms with Gasteiger partial charge in [-0.1, -0.05) is 17.7 Å². The Balaban J connectivity index is 2.77. The van der Waals surface area contributed by atoms with Crippen molar-refractivity contribution in [2.24, 2.45) is 5.73 Å². The van der Waals surface area contributed by atoms with Gasteiger partial charge < -0.3 is 15.2 Å². The number of nitrogens with two attached hydrogens (primary N) is 1. The highest BCUT2D eigenvalue weighted by Crippen LogP contribution is 2.13. The lowest BCUT2D eigenvalue weighted by molar-refractivity contribution is -0.142. The van der Waals surface area contributed by atoms with E-state index in [9.17, 15) is 18.0 Å². The van der Waals surface area contributed by atoms with Gasteiger partial charge in [-0.15, -0.1) is 0 Å². The quantitative estimate of drug-likeness (QED) is 0.604. The third-order valence-corrected chi connectivity index (χ3v) is 5.11. The molecule has 0 radical (unpaired) electrons. The second kappa shape index (κ2) is 9.50. The summed E-state index contributed by atoms with van der Waals surface area (Å²) in [4.78, 5) is 23.2. The van der Waals surface area contributed by atoms with E-state index in [0.717, 1.165) is 5.56 Å². The summed E-state index contributed by atoms with van der Waals surface area (Å²) >= 11 is 0. The molecule has 0 aromatic heterocycles. The fourth-order valence-corrected chi connectivity index (χ4v) is 3.37. The Labute approximate surface area is 147 Å². The van der Waals surface area contributed by atoms with Gasteiger partial charge in [0.1, 0.15) is 12.1 Å². The van der Waals surface area contributed by atoms with Crippen LogP contribution in [0.3, 0.4) is 0 Å². The Morgan fingerprint density at radius 3 is 2.16 bits per heavy atom. The van der Waals surface area contributed by atoms with Crippen LogP contribution in [-0.2, 0) is 29.1 Å². The topological polar surface area (TPSA) is 125 Å². The lowest BCUT2D eigenvalue weighted by Gasteiger charge is -2.17. The molecule has 0 aliphatic rings. The summed E-state index contributed by atoms with van der Waals surface area (Å²) in [5.74, 6) is -1.27. The molecule has 0 amide bonds. The minimum absolute atomic E-state index is 0.0539. The lowest BCUT2D eigenvalue weighted by atomic mass is 10.1. The van der Waals surface area contributed by atoms with Gasteiger partial charge in [0.25, 0.3) is 0 Å². The standard InChI is InChI=1S/C16H24N2O6S/c1-11-7-9-12(10-8-11)25(21,22)18-14(16(20)24-3)6-4-5-13(17)15(19)23-2/h7-10,13-14,18H,4-6,17H2,1-3H3/t13-,14-/m0/s1. The number of carbonyl (C=O) groups is 2. The first kappa shape index (κ1) is 21.1. The minimum Gasteiger partial charge on any atom is -0.468 e. The fraction of sp³-hybridized carbons (Fsp3) is 0.500. The third kappa shape index (κ3) is 6.45. The lowest BCUT2D eigenvalue weighted by Crippen LogP contribution is -2.41. The molecule has 0 saturated heterocycles.